The Morgan fingerprint density at radius 3 is 1.00 bits per heavy atom. The van der Waals surface area contributed by atoms with Crippen LogP contribution >= 0.6 is 63.7 Å². The van der Waals surface area contributed by atoms with E-state index in [1.807, 2.05) is 131 Å². The van der Waals surface area contributed by atoms with Crippen LogP contribution in [-0.2, 0) is 25.9 Å². The van der Waals surface area contributed by atoms with Gasteiger partial charge in [0.2, 0.25) is 24.7 Å². The number of carbonyl (C=O) groups is 2. The van der Waals surface area contributed by atoms with Crippen molar-refractivity contribution in [3.8, 4) is 46.0 Å². The first-order valence-corrected chi connectivity index (χ1v) is 26.5. The van der Waals surface area contributed by atoms with E-state index in [2.05, 4.69) is 63.7 Å². The second-order valence-electron chi connectivity index (χ2n) is 16.5. The fraction of sp³-hybridized carbons (Fsp3) is 0.241. The highest BCUT2D eigenvalue weighted by atomic mass is 79.9. The highest BCUT2D eigenvalue weighted by Crippen LogP contribution is 2.39. The molecule has 0 amide bonds. The van der Waals surface area contributed by atoms with Gasteiger partial charge in [-0.3, -0.25) is 9.59 Å². The Bertz CT molecular complexity index is 3090. The zero-order valence-electron chi connectivity index (χ0n) is 43.8. The van der Waals surface area contributed by atoms with Crippen LogP contribution in [0.1, 0.15) is 50.2 Å². The summed E-state index contributed by atoms with van der Waals surface area (Å²) < 4.78 is 51.8. The smallest absolute Gasteiger partial charge is 0.227 e. The molecule has 77 heavy (non-hydrogen) atoms. The van der Waals surface area contributed by atoms with Crippen LogP contribution in [0.15, 0.2) is 139 Å². The standard InChI is InChI=1S/2C28H26Br2NO5.C2H6O.2BrH/c2*1-33-25-12-18-9-10-31(16-24(32)17-5-7-20(29)8-6-17)23(21(18)14-27(25)35-3)11-19-13-26(34-2)28(36-4)15-22(19)30;1-2-3;;/h2*5-10,12-15H,11,16H2,1-4H3;3H,2H2,1H3;2*1H/q2*+1;;;/p-2. The number of nitrogens with zero attached hydrogens (tertiary/aromatic N) is 2. The van der Waals surface area contributed by atoms with Crippen molar-refractivity contribution in [2.45, 2.75) is 32.9 Å². The quantitative estimate of drug-likeness (QED) is 0.0764. The van der Waals surface area contributed by atoms with Crippen LogP contribution in [0.2, 0.25) is 0 Å². The summed E-state index contributed by atoms with van der Waals surface area (Å²) in [5.41, 5.74) is 5.17. The number of aliphatic hydroxyl groups is 1. The summed E-state index contributed by atoms with van der Waals surface area (Å²) in [4.78, 5) is 26.4. The van der Waals surface area contributed by atoms with Gasteiger partial charge >= 0.3 is 0 Å². The number of benzene rings is 6. The van der Waals surface area contributed by atoms with Crippen molar-refractivity contribution < 1.29 is 95.7 Å². The van der Waals surface area contributed by atoms with Crippen molar-refractivity contribution in [3.63, 3.8) is 0 Å². The maximum Gasteiger partial charge on any atom is 0.227 e. The summed E-state index contributed by atoms with van der Waals surface area (Å²) in [6.07, 6.45) is 4.94. The van der Waals surface area contributed by atoms with Crippen LogP contribution in [0.5, 0.6) is 46.0 Å². The molecule has 0 unspecified atom stereocenters. The predicted molar refractivity (Wildman–Crippen MR) is 304 cm³/mol. The van der Waals surface area contributed by atoms with Crippen LogP contribution in [0, 0.1) is 0 Å². The lowest BCUT2D eigenvalue weighted by molar-refractivity contribution is -0.688. The summed E-state index contributed by atoms with van der Waals surface area (Å²) in [5.74, 6) is 5.09. The van der Waals surface area contributed by atoms with Crippen LogP contribution in [0.4, 0.5) is 0 Å². The average Bonchev–Trinajstić information content (AvgIpc) is 3.42. The number of carbonyl (C=O) groups excluding carboxylic acids is 2. The van der Waals surface area contributed by atoms with Gasteiger partial charge in [-0.1, -0.05) is 88.0 Å². The molecule has 0 saturated carbocycles. The largest absolute Gasteiger partial charge is 1.00 e. The first kappa shape index (κ1) is 64.2. The van der Waals surface area contributed by atoms with Gasteiger partial charge in [-0.15, -0.1) is 0 Å². The summed E-state index contributed by atoms with van der Waals surface area (Å²) in [6, 6.07) is 34.2. The Morgan fingerprint density at radius 1 is 0.429 bits per heavy atom. The van der Waals surface area contributed by atoms with Crippen molar-refractivity contribution in [1.29, 1.82) is 0 Å². The molecule has 8 rings (SSSR count). The Morgan fingerprint density at radius 2 is 0.701 bits per heavy atom. The highest BCUT2D eigenvalue weighted by Gasteiger charge is 2.26. The summed E-state index contributed by atoms with van der Waals surface area (Å²) >= 11 is 14.2. The number of aliphatic hydroxyl groups excluding tert-OH is 1. The molecule has 0 aliphatic heterocycles. The molecule has 408 valence electrons. The van der Waals surface area contributed by atoms with E-state index in [0.29, 0.717) is 70.0 Å². The first-order chi connectivity index (χ1) is 36.2. The van der Waals surface area contributed by atoms with E-state index in [0.717, 1.165) is 62.0 Å². The molecule has 0 saturated heterocycles. The number of hydrogen-bond donors (Lipinski definition) is 1. The zero-order chi connectivity index (χ0) is 54.3. The molecule has 0 spiro atoms. The Labute approximate surface area is 503 Å². The first-order valence-electron chi connectivity index (χ1n) is 23.3. The zero-order valence-corrected chi connectivity index (χ0v) is 53.3. The van der Waals surface area contributed by atoms with E-state index in [-0.39, 0.29) is 65.2 Å². The Kier molecular flexibility index (Phi) is 25.7. The number of aromatic nitrogens is 2. The normalized spacial score (nSPS) is 10.4. The second-order valence-corrected chi connectivity index (χ2v) is 20.0. The van der Waals surface area contributed by atoms with Gasteiger partial charge in [0.15, 0.2) is 69.8 Å². The van der Waals surface area contributed by atoms with E-state index in [4.69, 9.17) is 43.0 Å². The molecule has 0 radical (unpaired) electrons. The molecule has 13 nitrogen and oxygen atoms in total. The fourth-order valence-electron chi connectivity index (χ4n) is 8.27. The molecule has 0 aliphatic rings. The van der Waals surface area contributed by atoms with Crippen LogP contribution in [0.3, 0.4) is 0 Å². The summed E-state index contributed by atoms with van der Waals surface area (Å²) in [7, 11) is 12.9. The summed E-state index contributed by atoms with van der Waals surface area (Å²) in [5, 5.41) is 11.4. The molecule has 2 heterocycles. The second kappa shape index (κ2) is 30.8. The molecule has 8 aromatic rings. The molecule has 2 aromatic heterocycles. The Hall–Kier alpha value is -5.28. The molecule has 0 bridgehead atoms. The van der Waals surface area contributed by atoms with Crippen molar-refractivity contribution in [1.82, 2.24) is 0 Å². The molecular weight excluding hydrogens is 1380 g/mol. The van der Waals surface area contributed by atoms with Crippen molar-refractivity contribution in [2.24, 2.45) is 0 Å². The van der Waals surface area contributed by atoms with Gasteiger partial charge in [0.1, 0.15) is 0 Å². The molecule has 19 heteroatoms. The van der Waals surface area contributed by atoms with Gasteiger partial charge in [0, 0.05) is 47.8 Å². The number of pyridine rings is 2. The van der Waals surface area contributed by atoms with Gasteiger partial charge in [0.05, 0.1) is 80.5 Å². The van der Waals surface area contributed by atoms with Gasteiger partial charge in [-0.25, -0.2) is 0 Å². The van der Waals surface area contributed by atoms with E-state index in [1.54, 1.807) is 63.8 Å². The number of rotatable bonds is 18. The molecule has 0 atom stereocenters. The third-order valence-corrected chi connectivity index (χ3v) is 14.6. The number of ether oxygens (including phenoxy) is 8. The number of ketones is 2. The maximum atomic E-state index is 13.2. The third kappa shape index (κ3) is 15.9. The van der Waals surface area contributed by atoms with Crippen molar-refractivity contribution in [3.05, 3.63) is 173 Å². The maximum absolute atomic E-state index is 13.2. The van der Waals surface area contributed by atoms with Gasteiger partial charge in [-0.05, 0) is 102 Å². The van der Waals surface area contributed by atoms with E-state index >= 15 is 0 Å². The Balaban J connectivity index is 0.000000309. The number of fused-ring (bicyclic) bond motifs is 2. The van der Waals surface area contributed by atoms with Crippen LogP contribution in [-0.4, -0.2) is 80.2 Å². The van der Waals surface area contributed by atoms with Crippen LogP contribution < -0.4 is 81.0 Å². The van der Waals surface area contributed by atoms with E-state index in [1.165, 1.54) is 0 Å². The van der Waals surface area contributed by atoms with Crippen molar-refractivity contribution in [2.75, 3.05) is 63.5 Å². The van der Waals surface area contributed by atoms with Gasteiger partial charge in [0.25, 0.3) is 0 Å². The van der Waals surface area contributed by atoms with Crippen molar-refractivity contribution >= 4 is 96.8 Å². The fourth-order valence-corrected chi connectivity index (χ4v) is 9.73. The van der Waals surface area contributed by atoms with E-state index in [9.17, 15) is 9.59 Å². The minimum Gasteiger partial charge on any atom is -1.00 e. The molecule has 1 N–H and O–H groups in total. The number of halogens is 6. The number of methoxy groups -OCH3 is 8. The minimum atomic E-state index is 0. The topological polar surface area (TPSA) is 136 Å². The lowest BCUT2D eigenvalue weighted by atomic mass is 10.0. The van der Waals surface area contributed by atoms with E-state index < -0.39 is 0 Å². The molecule has 6 aromatic carbocycles. The molecular formula is C58H58Br6N2O11. The third-order valence-electron chi connectivity index (χ3n) is 12.1. The summed E-state index contributed by atoms with van der Waals surface area (Å²) in [6.45, 7) is 2.30. The molecule has 0 aliphatic carbocycles. The lowest BCUT2D eigenvalue weighted by Gasteiger charge is -2.14. The van der Waals surface area contributed by atoms with Crippen LogP contribution in [0.25, 0.3) is 21.5 Å². The lowest BCUT2D eigenvalue weighted by Crippen LogP contribution is -3.00. The van der Waals surface area contributed by atoms with Gasteiger partial charge < -0.3 is 77.0 Å². The number of hydrogen-bond acceptors (Lipinski definition) is 11. The molecule has 0 fully saturated rings. The predicted octanol–water partition coefficient (Wildman–Crippen LogP) is 6.33. The average molecular weight is 1440 g/mol. The highest BCUT2D eigenvalue weighted by molar-refractivity contribution is 9.11. The monoisotopic (exact) mass is 1430 g/mol. The minimum absolute atomic E-state index is 0. The number of Topliss-reactive ketones (excluding diaryl/α,β-unsaturated/α-hetero) is 2. The van der Waals surface area contributed by atoms with Gasteiger partial charge in [-0.2, -0.15) is 9.13 Å². The SMILES string of the molecule is CCO.COc1cc(Br)c(Cc2c3cc(OC)c(OC)cc3cc[n+]2CC(=O)c2ccc(Br)cc2)cc1OC.COc1cc(Br)c(Cc2c3cc(OC)c(OC)cc3cc[n+]2CC(=O)c2ccc(Br)cc2)cc1OC.[Br-].[Br-].